The van der Waals surface area contributed by atoms with Crippen LogP contribution in [0.2, 0.25) is 5.02 Å². The standard InChI is InChI=1S/C9H8ClF2/c1-6(5-11)7-3-2-4-8(10)9(7)12/h2-4H,5H2,1H3. The van der Waals surface area contributed by atoms with E-state index in [1.54, 1.807) is 6.07 Å². The summed E-state index contributed by atoms with van der Waals surface area (Å²) in [6.07, 6.45) is 0. The molecule has 1 aromatic rings. The summed E-state index contributed by atoms with van der Waals surface area (Å²) in [5.74, 6) is -0.190. The van der Waals surface area contributed by atoms with Crippen LogP contribution < -0.4 is 0 Å². The largest absolute Gasteiger partial charge is 0.250 e. The van der Waals surface area contributed by atoms with Crippen LogP contribution in [0.25, 0.3) is 0 Å². The molecular weight excluding hydrogens is 182 g/mol. The monoisotopic (exact) mass is 189 g/mol. The lowest BCUT2D eigenvalue weighted by Gasteiger charge is -2.07. The molecule has 0 N–H and O–H groups in total. The molecule has 3 heteroatoms. The maximum absolute atomic E-state index is 13.1. The van der Waals surface area contributed by atoms with Gasteiger partial charge in [-0.15, -0.1) is 0 Å². The summed E-state index contributed by atoms with van der Waals surface area (Å²) in [5.41, 5.74) is 0.255. The van der Waals surface area contributed by atoms with Crippen LogP contribution in [0, 0.1) is 11.7 Å². The quantitative estimate of drug-likeness (QED) is 0.669. The predicted octanol–water partition coefficient (Wildman–Crippen LogP) is 3.39. The zero-order valence-corrected chi connectivity index (χ0v) is 7.33. The molecule has 0 aliphatic rings. The molecule has 12 heavy (non-hydrogen) atoms. The van der Waals surface area contributed by atoms with Crippen molar-refractivity contribution in [3.8, 4) is 0 Å². The normalized spacial score (nSPS) is 10.8. The topological polar surface area (TPSA) is 0 Å². The molecule has 0 nitrogen and oxygen atoms in total. The van der Waals surface area contributed by atoms with Gasteiger partial charge >= 0.3 is 0 Å². The van der Waals surface area contributed by atoms with E-state index in [0.717, 1.165) is 0 Å². The summed E-state index contributed by atoms with van der Waals surface area (Å²) in [4.78, 5) is 0. The van der Waals surface area contributed by atoms with Crippen molar-refractivity contribution in [2.75, 3.05) is 6.67 Å². The third-order valence-corrected chi connectivity index (χ3v) is 1.90. The van der Waals surface area contributed by atoms with Crippen LogP contribution in [0.15, 0.2) is 18.2 Å². The highest BCUT2D eigenvalue weighted by molar-refractivity contribution is 6.30. The molecule has 0 fully saturated rings. The van der Waals surface area contributed by atoms with Crippen molar-refractivity contribution in [2.45, 2.75) is 6.92 Å². The maximum atomic E-state index is 13.1. The van der Waals surface area contributed by atoms with Crippen LogP contribution >= 0.6 is 11.6 Å². The van der Waals surface area contributed by atoms with E-state index >= 15 is 0 Å². The van der Waals surface area contributed by atoms with Gasteiger partial charge in [0.1, 0.15) is 5.82 Å². The summed E-state index contributed by atoms with van der Waals surface area (Å²) >= 11 is 5.50. The minimum Gasteiger partial charge on any atom is -0.250 e. The first kappa shape index (κ1) is 9.46. The van der Waals surface area contributed by atoms with Gasteiger partial charge in [-0.1, -0.05) is 30.7 Å². The van der Waals surface area contributed by atoms with E-state index in [9.17, 15) is 8.78 Å². The van der Waals surface area contributed by atoms with Crippen molar-refractivity contribution in [3.05, 3.63) is 40.5 Å². The van der Waals surface area contributed by atoms with Gasteiger partial charge in [0.25, 0.3) is 0 Å². The number of benzene rings is 1. The first-order chi connectivity index (χ1) is 5.66. The van der Waals surface area contributed by atoms with Gasteiger partial charge in [0.2, 0.25) is 0 Å². The van der Waals surface area contributed by atoms with Gasteiger partial charge in [0.15, 0.2) is 0 Å². The average Bonchev–Trinajstić information content (AvgIpc) is 2.08. The van der Waals surface area contributed by atoms with Crippen molar-refractivity contribution >= 4 is 11.6 Å². The van der Waals surface area contributed by atoms with Gasteiger partial charge in [-0.2, -0.15) is 0 Å². The van der Waals surface area contributed by atoms with Gasteiger partial charge in [0, 0.05) is 5.92 Å². The summed E-state index contributed by atoms with van der Waals surface area (Å²) in [5, 5.41) is 0.0281. The van der Waals surface area contributed by atoms with Gasteiger partial charge in [-0.3, -0.25) is 4.39 Å². The number of alkyl halides is 1. The first-order valence-corrected chi connectivity index (χ1v) is 3.87. The lowest BCUT2D eigenvalue weighted by atomic mass is 10.0. The van der Waals surface area contributed by atoms with E-state index in [1.165, 1.54) is 19.1 Å². The molecule has 0 bridgehead atoms. The molecule has 0 aliphatic heterocycles. The summed E-state index contributed by atoms with van der Waals surface area (Å²) in [7, 11) is 0. The molecule has 0 saturated carbocycles. The SMILES string of the molecule is C[C](CF)c1cccc(Cl)c1F. The van der Waals surface area contributed by atoms with Crippen molar-refractivity contribution < 1.29 is 8.78 Å². The van der Waals surface area contributed by atoms with E-state index in [1.807, 2.05) is 0 Å². The van der Waals surface area contributed by atoms with Crippen LogP contribution in [0.1, 0.15) is 12.5 Å². The van der Waals surface area contributed by atoms with E-state index in [2.05, 4.69) is 0 Å². The fourth-order valence-corrected chi connectivity index (χ4v) is 1.08. The minimum atomic E-state index is -0.655. The first-order valence-electron chi connectivity index (χ1n) is 3.49. The van der Waals surface area contributed by atoms with E-state index in [4.69, 9.17) is 11.6 Å². The maximum Gasteiger partial charge on any atom is 0.145 e. The summed E-state index contributed by atoms with van der Waals surface area (Å²) < 4.78 is 25.3. The number of hydrogen-bond acceptors (Lipinski definition) is 0. The Hall–Kier alpha value is -0.630. The summed E-state index contributed by atoms with van der Waals surface area (Å²) in [6, 6.07) is 4.54. The molecule has 0 atom stereocenters. The Morgan fingerprint density at radius 3 is 2.75 bits per heavy atom. The lowest BCUT2D eigenvalue weighted by Crippen LogP contribution is -2.00. The molecular formula is C9H8ClF2. The lowest BCUT2D eigenvalue weighted by molar-refractivity contribution is 0.507. The Morgan fingerprint density at radius 1 is 1.50 bits per heavy atom. The zero-order valence-electron chi connectivity index (χ0n) is 6.57. The van der Waals surface area contributed by atoms with Gasteiger partial charge in [0.05, 0.1) is 11.7 Å². The predicted molar refractivity (Wildman–Crippen MR) is 45.4 cm³/mol. The Morgan fingerprint density at radius 2 is 2.17 bits per heavy atom. The smallest absolute Gasteiger partial charge is 0.145 e. The van der Waals surface area contributed by atoms with Gasteiger partial charge in [-0.25, -0.2) is 4.39 Å². The number of halogens is 3. The third-order valence-electron chi connectivity index (χ3n) is 1.61. The highest BCUT2D eigenvalue weighted by Gasteiger charge is 2.12. The molecule has 1 aromatic carbocycles. The second-order valence-corrected chi connectivity index (χ2v) is 2.92. The molecule has 1 rings (SSSR count). The van der Waals surface area contributed by atoms with Crippen LogP contribution in [0.5, 0.6) is 0 Å². The van der Waals surface area contributed by atoms with Crippen molar-refractivity contribution in [1.82, 2.24) is 0 Å². The molecule has 0 spiro atoms. The van der Waals surface area contributed by atoms with Gasteiger partial charge in [-0.05, 0) is 11.6 Å². The Bertz CT molecular complexity index is 273. The van der Waals surface area contributed by atoms with Crippen molar-refractivity contribution in [3.63, 3.8) is 0 Å². The number of rotatable bonds is 2. The van der Waals surface area contributed by atoms with E-state index in [0.29, 0.717) is 5.92 Å². The second kappa shape index (κ2) is 3.85. The van der Waals surface area contributed by atoms with Crippen LogP contribution in [0.4, 0.5) is 8.78 Å². The number of hydrogen-bond donors (Lipinski definition) is 0. The second-order valence-electron chi connectivity index (χ2n) is 2.52. The highest BCUT2D eigenvalue weighted by Crippen LogP contribution is 2.23. The van der Waals surface area contributed by atoms with E-state index in [-0.39, 0.29) is 10.6 Å². The molecule has 65 valence electrons. The van der Waals surface area contributed by atoms with Crippen LogP contribution in [0.3, 0.4) is 0 Å². The van der Waals surface area contributed by atoms with Crippen molar-refractivity contribution in [1.29, 1.82) is 0 Å². The molecule has 0 amide bonds. The Balaban J connectivity index is 3.07. The Labute approximate surface area is 75.2 Å². The molecule has 0 saturated heterocycles. The van der Waals surface area contributed by atoms with Crippen LogP contribution in [-0.4, -0.2) is 6.67 Å². The minimum absolute atomic E-state index is 0.0281. The molecule has 0 unspecified atom stereocenters. The highest BCUT2D eigenvalue weighted by atomic mass is 35.5. The third kappa shape index (κ3) is 1.75. The van der Waals surface area contributed by atoms with Gasteiger partial charge < -0.3 is 0 Å². The molecule has 0 heterocycles. The van der Waals surface area contributed by atoms with Crippen molar-refractivity contribution in [2.24, 2.45) is 0 Å². The average molecular weight is 190 g/mol. The van der Waals surface area contributed by atoms with Crippen LogP contribution in [-0.2, 0) is 0 Å². The fraction of sp³-hybridized carbons (Fsp3) is 0.222. The Kier molecular flexibility index (Phi) is 3.04. The fourth-order valence-electron chi connectivity index (χ4n) is 0.905. The van der Waals surface area contributed by atoms with E-state index < -0.39 is 12.5 Å². The molecule has 1 radical (unpaired) electrons. The zero-order chi connectivity index (χ0) is 9.14. The summed E-state index contributed by atoms with van der Waals surface area (Å²) in [6.45, 7) is 0.881. The molecule has 0 aromatic heterocycles. The molecule has 0 aliphatic carbocycles.